The number of phenols is 1. The van der Waals surface area contributed by atoms with Crippen molar-refractivity contribution in [2.45, 2.75) is 0 Å². The van der Waals surface area contributed by atoms with Crippen molar-refractivity contribution in [3.05, 3.63) is 48.5 Å². The van der Waals surface area contributed by atoms with Gasteiger partial charge in [0.05, 0.1) is 11.4 Å². The van der Waals surface area contributed by atoms with Gasteiger partial charge in [0, 0.05) is 0 Å². The van der Waals surface area contributed by atoms with Crippen LogP contribution >= 0.6 is 0 Å². The Morgan fingerprint density at radius 2 is 1.62 bits per heavy atom. The summed E-state index contributed by atoms with van der Waals surface area (Å²) in [4.78, 5) is 0. The molecule has 0 amide bonds. The van der Waals surface area contributed by atoms with Gasteiger partial charge in [-0.2, -0.15) is 5.11 Å². The maximum absolute atomic E-state index is 9.60. The van der Waals surface area contributed by atoms with E-state index in [-0.39, 0.29) is 5.75 Å². The summed E-state index contributed by atoms with van der Waals surface area (Å²) in [7, 11) is 0. The fraction of sp³-hybridized carbons (Fsp3) is 0. The summed E-state index contributed by atoms with van der Waals surface area (Å²) in [5.41, 5.74) is 6.92. The molecule has 0 saturated heterocycles. The number of anilines is 1. The van der Waals surface area contributed by atoms with Gasteiger partial charge in [0.15, 0.2) is 5.75 Å². The number of nitrogen functional groups attached to an aromatic ring is 1. The number of phenolic OH excluding ortho intramolecular Hbond substituents is 1. The second-order valence-electron chi connectivity index (χ2n) is 3.25. The van der Waals surface area contributed by atoms with E-state index in [1.165, 1.54) is 0 Å². The number of benzene rings is 2. The van der Waals surface area contributed by atoms with Crippen molar-refractivity contribution in [2.75, 3.05) is 5.73 Å². The molecule has 4 nitrogen and oxygen atoms in total. The summed E-state index contributed by atoms with van der Waals surface area (Å²) in [6.45, 7) is 0. The Labute approximate surface area is 93.1 Å². The summed E-state index contributed by atoms with van der Waals surface area (Å²) >= 11 is 0. The van der Waals surface area contributed by atoms with Crippen LogP contribution in [0.1, 0.15) is 0 Å². The Bertz CT molecular complexity index is 509. The van der Waals surface area contributed by atoms with Crippen LogP contribution in [-0.2, 0) is 0 Å². The first kappa shape index (κ1) is 10.2. The van der Waals surface area contributed by atoms with Crippen LogP contribution in [0.5, 0.6) is 5.75 Å². The molecule has 0 atom stereocenters. The third-order valence-electron chi connectivity index (χ3n) is 2.08. The molecular weight excluding hydrogens is 202 g/mol. The Morgan fingerprint density at radius 3 is 2.38 bits per heavy atom. The van der Waals surface area contributed by atoms with Crippen molar-refractivity contribution >= 4 is 17.1 Å². The lowest BCUT2D eigenvalue weighted by Gasteiger charge is -2.00. The topological polar surface area (TPSA) is 71.0 Å². The highest BCUT2D eigenvalue weighted by atomic mass is 16.3. The highest BCUT2D eigenvalue weighted by Crippen LogP contribution is 2.32. The van der Waals surface area contributed by atoms with Gasteiger partial charge in [0.25, 0.3) is 0 Å². The molecule has 0 bridgehead atoms. The van der Waals surface area contributed by atoms with Crippen LogP contribution in [0.2, 0.25) is 0 Å². The Morgan fingerprint density at radius 1 is 0.875 bits per heavy atom. The van der Waals surface area contributed by atoms with Crippen molar-refractivity contribution in [3.63, 3.8) is 0 Å². The molecule has 0 fully saturated rings. The molecule has 0 unspecified atom stereocenters. The lowest BCUT2D eigenvalue weighted by molar-refractivity contribution is 0.479. The molecule has 3 N–H and O–H groups in total. The second-order valence-corrected chi connectivity index (χ2v) is 3.25. The van der Waals surface area contributed by atoms with E-state index >= 15 is 0 Å². The van der Waals surface area contributed by atoms with Crippen LogP contribution in [0.4, 0.5) is 17.1 Å². The molecule has 2 aromatic carbocycles. The average Bonchev–Trinajstić information content (AvgIpc) is 2.32. The largest absolute Gasteiger partial charge is 0.504 e. The standard InChI is InChI=1S/C12H11N3O/c13-10-7-4-8-11(12(10)16)15-14-9-5-2-1-3-6-9/h1-8,16H,13H2. The van der Waals surface area contributed by atoms with E-state index in [1.54, 1.807) is 18.2 Å². The molecule has 0 aliphatic carbocycles. The molecule has 0 spiro atoms. The zero-order valence-electron chi connectivity index (χ0n) is 8.54. The molecule has 2 aromatic rings. The number of hydrogen-bond acceptors (Lipinski definition) is 4. The quantitative estimate of drug-likeness (QED) is 0.456. The highest BCUT2D eigenvalue weighted by molar-refractivity contribution is 5.65. The van der Waals surface area contributed by atoms with E-state index in [2.05, 4.69) is 10.2 Å². The van der Waals surface area contributed by atoms with E-state index in [0.717, 1.165) is 5.69 Å². The monoisotopic (exact) mass is 213 g/mol. The van der Waals surface area contributed by atoms with Gasteiger partial charge in [-0.1, -0.05) is 24.3 Å². The SMILES string of the molecule is Nc1cccc(N=Nc2ccccc2)c1O. The summed E-state index contributed by atoms with van der Waals surface area (Å²) in [6, 6.07) is 14.3. The first-order chi connectivity index (χ1) is 7.77. The van der Waals surface area contributed by atoms with Crippen molar-refractivity contribution in [3.8, 4) is 5.75 Å². The molecule has 0 aliphatic heterocycles. The molecule has 0 radical (unpaired) electrons. The lowest BCUT2D eigenvalue weighted by Crippen LogP contribution is -1.83. The summed E-state index contributed by atoms with van der Waals surface area (Å²) in [6.07, 6.45) is 0. The predicted molar refractivity (Wildman–Crippen MR) is 63.1 cm³/mol. The van der Waals surface area contributed by atoms with Gasteiger partial charge < -0.3 is 10.8 Å². The Kier molecular flexibility index (Phi) is 2.82. The highest BCUT2D eigenvalue weighted by Gasteiger charge is 2.02. The zero-order valence-corrected chi connectivity index (χ0v) is 8.54. The first-order valence-corrected chi connectivity index (χ1v) is 4.81. The van der Waals surface area contributed by atoms with Crippen molar-refractivity contribution < 1.29 is 5.11 Å². The van der Waals surface area contributed by atoms with Gasteiger partial charge in [0.1, 0.15) is 5.69 Å². The van der Waals surface area contributed by atoms with Crippen LogP contribution in [0.3, 0.4) is 0 Å². The molecular formula is C12H11N3O. The number of nitrogens with two attached hydrogens (primary N) is 1. The van der Waals surface area contributed by atoms with Crippen LogP contribution in [0.15, 0.2) is 58.8 Å². The third-order valence-corrected chi connectivity index (χ3v) is 2.08. The minimum Gasteiger partial charge on any atom is -0.504 e. The van der Waals surface area contributed by atoms with Gasteiger partial charge in [0.2, 0.25) is 0 Å². The smallest absolute Gasteiger partial charge is 0.166 e. The molecule has 80 valence electrons. The first-order valence-electron chi connectivity index (χ1n) is 4.81. The summed E-state index contributed by atoms with van der Waals surface area (Å²) < 4.78 is 0. The number of azo groups is 1. The van der Waals surface area contributed by atoms with E-state index < -0.39 is 0 Å². The molecule has 0 aliphatic rings. The number of hydrogen-bond donors (Lipinski definition) is 2. The minimum absolute atomic E-state index is 0.0396. The van der Waals surface area contributed by atoms with Gasteiger partial charge in [-0.05, 0) is 24.3 Å². The summed E-state index contributed by atoms with van der Waals surface area (Å²) in [5.74, 6) is -0.0396. The van der Waals surface area contributed by atoms with Crippen LogP contribution < -0.4 is 5.73 Å². The molecule has 4 heteroatoms. The van der Waals surface area contributed by atoms with E-state index in [4.69, 9.17) is 5.73 Å². The van der Waals surface area contributed by atoms with Crippen LogP contribution in [-0.4, -0.2) is 5.11 Å². The van der Waals surface area contributed by atoms with Gasteiger partial charge in [-0.15, -0.1) is 5.11 Å². The predicted octanol–water partition coefficient (Wildman–Crippen LogP) is 3.39. The maximum atomic E-state index is 9.60. The zero-order chi connectivity index (χ0) is 11.4. The fourth-order valence-corrected chi connectivity index (χ4v) is 1.24. The van der Waals surface area contributed by atoms with Gasteiger partial charge >= 0.3 is 0 Å². The maximum Gasteiger partial charge on any atom is 0.166 e. The molecule has 0 saturated carbocycles. The van der Waals surface area contributed by atoms with Gasteiger partial charge in [-0.25, -0.2) is 0 Å². The van der Waals surface area contributed by atoms with Crippen molar-refractivity contribution in [1.29, 1.82) is 0 Å². The minimum atomic E-state index is -0.0396. The second kappa shape index (κ2) is 4.44. The third kappa shape index (κ3) is 2.17. The average molecular weight is 213 g/mol. The number of para-hydroxylation sites is 1. The van der Waals surface area contributed by atoms with E-state index in [1.807, 2.05) is 30.3 Å². The summed E-state index contributed by atoms with van der Waals surface area (Å²) in [5, 5.41) is 17.5. The van der Waals surface area contributed by atoms with Gasteiger partial charge in [-0.3, -0.25) is 0 Å². The number of nitrogens with zero attached hydrogens (tertiary/aromatic N) is 2. The normalized spacial score (nSPS) is 10.8. The van der Waals surface area contributed by atoms with E-state index in [9.17, 15) is 5.11 Å². The van der Waals surface area contributed by atoms with Crippen molar-refractivity contribution in [2.24, 2.45) is 10.2 Å². The number of aromatic hydroxyl groups is 1. The molecule has 2 rings (SSSR count). The fourth-order valence-electron chi connectivity index (χ4n) is 1.24. The lowest BCUT2D eigenvalue weighted by atomic mass is 10.2. The molecule has 16 heavy (non-hydrogen) atoms. The Hall–Kier alpha value is -2.36. The molecule has 0 heterocycles. The van der Waals surface area contributed by atoms with E-state index in [0.29, 0.717) is 11.4 Å². The number of rotatable bonds is 2. The van der Waals surface area contributed by atoms with Crippen LogP contribution in [0, 0.1) is 0 Å². The van der Waals surface area contributed by atoms with Crippen LogP contribution in [0.25, 0.3) is 0 Å². The molecule has 0 aromatic heterocycles. The Balaban J connectivity index is 2.28. The van der Waals surface area contributed by atoms with Crippen molar-refractivity contribution in [1.82, 2.24) is 0 Å².